The molecule has 4 rings (SSSR count). The van der Waals surface area contributed by atoms with E-state index < -0.39 is 6.04 Å². The number of hydrogen-bond donors (Lipinski definition) is 1. The van der Waals surface area contributed by atoms with Crippen LogP contribution in [0.15, 0.2) is 76.5 Å². The Morgan fingerprint density at radius 2 is 1.89 bits per heavy atom. The minimum absolute atomic E-state index is 0.215. The van der Waals surface area contributed by atoms with Crippen molar-refractivity contribution in [1.82, 2.24) is 0 Å². The van der Waals surface area contributed by atoms with Gasteiger partial charge in [-0.25, -0.2) is 4.39 Å². The monoisotopic (exact) mass is 377 g/mol. The second kappa shape index (κ2) is 7.40. The first-order chi connectivity index (χ1) is 13.6. The van der Waals surface area contributed by atoms with Crippen LogP contribution < -0.4 is 10.6 Å². The number of carbonyl (C=O) groups excluding carboxylic acids is 1. The number of para-hydroxylation sites is 1. The van der Waals surface area contributed by atoms with Gasteiger partial charge in [0.2, 0.25) is 0 Å². The van der Waals surface area contributed by atoms with E-state index in [1.807, 2.05) is 36.2 Å². The quantitative estimate of drug-likeness (QED) is 0.708. The van der Waals surface area contributed by atoms with Gasteiger partial charge in [0.1, 0.15) is 12.1 Å². The second-order valence-corrected chi connectivity index (χ2v) is 6.77. The number of anilines is 1. The first kappa shape index (κ1) is 18.1. The van der Waals surface area contributed by atoms with E-state index in [2.05, 4.69) is 0 Å². The molecular weight excluding hydrogens is 357 g/mol. The summed E-state index contributed by atoms with van der Waals surface area (Å²) >= 11 is 0. The number of nitrogens with zero attached hydrogens (tertiary/aromatic N) is 2. The molecule has 2 atom stereocenters. The van der Waals surface area contributed by atoms with Crippen molar-refractivity contribution in [2.75, 3.05) is 18.5 Å². The van der Waals surface area contributed by atoms with Crippen LogP contribution in [0.4, 0.5) is 10.1 Å². The largest absolute Gasteiger partial charge is 0.472 e. The van der Waals surface area contributed by atoms with E-state index in [-0.39, 0.29) is 24.2 Å². The van der Waals surface area contributed by atoms with Crippen molar-refractivity contribution in [3.05, 3.63) is 89.6 Å². The zero-order chi connectivity index (χ0) is 19.7. The number of nitrogens with two attached hydrogens (primary N) is 1. The summed E-state index contributed by atoms with van der Waals surface area (Å²) in [6.45, 7) is 0.263. The molecule has 0 saturated heterocycles. The summed E-state index contributed by atoms with van der Waals surface area (Å²) in [6.07, 6.45) is 2.83. The lowest BCUT2D eigenvalue weighted by molar-refractivity contribution is 0.0949. The van der Waals surface area contributed by atoms with Crippen LogP contribution in [-0.4, -0.2) is 37.2 Å². The number of halogens is 1. The molecule has 0 aliphatic carbocycles. The van der Waals surface area contributed by atoms with Crippen molar-refractivity contribution in [1.29, 1.82) is 0 Å². The van der Waals surface area contributed by atoms with Crippen LogP contribution in [0.5, 0.6) is 0 Å². The van der Waals surface area contributed by atoms with E-state index >= 15 is 0 Å². The molecule has 5 nitrogen and oxygen atoms in total. The lowest BCUT2D eigenvalue weighted by Crippen LogP contribution is -2.52. The van der Waals surface area contributed by atoms with Crippen LogP contribution >= 0.6 is 0 Å². The first-order valence-electron chi connectivity index (χ1n) is 9.01. The summed E-state index contributed by atoms with van der Waals surface area (Å²) in [6, 6.07) is 14.6. The molecule has 1 aromatic heterocycles. The molecule has 2 unspecified atom stereocenters. The number of Topliss-reactive ketones (excluding diaryl/α,β-unsaturated/α-hetero) is 1. The number of benzodiazepines with no additional fused rings is 1. The fourth-order valence-corrected chi connectivity index (χ4v) is 3.56. The average molecular weight is 377 g/mol. The minimum atomic E-state index is -0.806. The molecule has 6 heteroatoms. The van der Waals surface area contributed by atoms with Crippen molar-refractivity contribution < 1.29 is 13.6 Å². The van der Waals surface area contributed by atoms with Gasteiger partial charge in [-0.1, -0.05) is 30.3 Å². The van der Waals surface area contributed by atoms with Gasteiger partial charge < -0.3 is 15.1 Å². The molecular formula is C22H20FN3O2. The summed E-state index contributed by atoms with van der Waals surface area (Å²) in [5, 5.41) is 0. The van der Waals surface area contributed by atoms with Gasteiger partial charge in [-0.05, 0) is 24.3 Å². The first-order valence-corrected chi connectivity index (χ1v) is 9.01. The number of carbonyl (C=O) groups is 1. The fraction of sp³-hybridized carbons (Fsp3) is 0.182. The van der Waals surface area contributed by atoms with Gasteiger partial charge in [-0.3, -0.25) is 9.79 Å². The van der Waals surface area contributed by atoms with Crippen molar-refractivity contribution in [3.8, 4) is 0 Å². The van der Waals surface area contributed by atoms with Crippen LogP contribution in [0.1, 0.15) is 21.5 Å². The van der Waals surface area contributed by atoms with Gasteiger partial charge in [-0.15, -0.1) is 0 Å². The number of ketones is 1. The molecule has 0 fully saturated rings. The number of hydrogen-bond acceptors (Lipinski definition) is 5. The van der Waals surface area contributed by atoms with Crippen LogP contribution in [0.2, 0.25) is 0 Å². The highest BCUT2D eigenvalue weighted by Crippen LogP contribution is 2.29. The lowest BCUT2D eigenvalue weighted by Gasteiger charge is -2.32. The van der Waals surface area contributed by atoms with Gasteiger partial charge in [0.05, 0.1) is 36.2 Å². The Balaban J connectivity index is 1.78. The fourth-order valence-electron chi connectivity index (χ4n) is 3.56. The van der Waals surface area contributed by atoms with Crippen molar-refractivity contribution >= 4 is 17.2 Å². The molecule has 0 bridgehead atoms. The topological polar surface area (TPSA) is 71.8 Å². The van der Waals surface area contributed by atoms with Crippen LogP contribution in [0.25, 0.3) is 0 Å². The third-order valence-electron chi connectivity index (χ3n) is 5.13. The standard InChI is InChI=1S/C22H20FN3O2/c1-26-18-9-5-3-7-16(18)21(15-6-2-4-8-17(15)23)25-12-19(26)20(24)22(27)14-10-11-28-13-14/h2-11,13,19-20H,12,24H2,1H3. The maximum atomic E-state index is 14.5. The molecule has 1 aliphatic heterocycles. The summed E-state index contributed by atoms with van der Waals surface area (Å²) < 4.78 is 19.5. The molecule has 3 aromatic rings. The van der Waals surface area contributed by atoms with E-state index in [0.29, 0.717) is 16.8 Å². The summed E-state index contributed by atoms with van der Waals surface area (Å²) in [5.74, 6) is -0.552. The van der Waals surface area contributed by atoms with Crippen LogP contribution in [0, 0.1) is 5.82 Å². The predicted molar refractivity (Wildman–Crippen MR) is 107 cm³/mol. The molecule has 0 spiro atoms. The highest BCUT2D eigenvalue weighted by Gasteiger charge is 2.33. The number of furan rings is 1. The Morgan fingerprint density at radius 1 is 1.18 bits per heavy atom. The van der Waals surface area contributed by atoms with Gasteiger partial charge in [-0.2, -0.15) is 0 Å². The Hall–Kier alpha value is -3.25. The molecule has 2 N–H and O–H groups in total. The number of likely N-dealkylation sites (N-methyl/N-ethyl adjacent to an activating group) is 1. The van der Waals surface area contributed by atoms with Crippen molar-refractivity contribution in [2.24, 2.45) is 10.7 Å². The molecule has 2 heterocycles. The Labute approximate surface area is 162 Å². The highest BCUT2D eigenvalue weighted by molar-refractivity contribution is 6.16. The molecule has 28 heavy (non-hydrogen) atoms. The summed E-state index contributed by atoms with van der Waals surface area (Å²) in [5.41, 5.74) is 9.41. The Morgan fingerprint density at radius 3 is 2.61 bits per heavy atom. The van der Waals surface area contributed by atoms with E-state index in [0.717, 1.165) is 11.3 Å². The molecule has 0 saturated carbocycles. The van der Waals surface area contributed by atoms with E-state index in [9.17, 15) is 9.18 Å². The Bertz CT molecular complexity index is 1030. The third kappa shape index (κ3) is 3.12. The molecule has 142 valence electrons. The second-order valence-electron chi connectivity index (χ2n) is 6.77. The number of benzene rings is 2. The number of fused-ring (bicyclic) bond motifs is 1. The lowest BCUT2D eigenvalue weighted by atomic mass is 9.98. The molecule has 2 aromatic carbocycles. The zero-order valence-electron chi connectivity index (χ0n) is 15.4. The normalized spacial score (nSPS) is 17.5. The van der Waals surface area contributed by atoms with Gasteiger partial charge in [0.15, 0.2) is 5.78 Å². The van der Waals surface area contributed by atoms with Crippen molar-refractivity contribution in [3.63, 3.8) is 0 Å². The molecule has 1 aliphatic rings. The maximum Gasteiger partial charge on any atom is 0.184 e. The smallest absolute Gasteiger partial charge is 0.184 e. The van der Waals surface area contributed by atoms with Crippen molar-refractivity contribution in [2.45, 2.75) is 12.1 Å². The van der Waals surface area contributed by atoms with E-state index in [1.54, 1.807) is 24.3 Å². The average Bonchev–Trinajstić information content (AvgIpc) is 3.21. The summed E-state index contributed by atoms with van der Waals surface area (Å²) in [7, 11) is 1.88. The highest BCUT2D eigenvalue weighted by atomic mass is 19.1. The zero-order valence-corrected chi connectivity index (χ0v) is 15.4. The predicted octanol–water partition coefficient (Wildman–Crippen LogP) is 3.28. The van der Waals surface area contributed by atoms with Crippen LogP contribution in [0.3, 0.4) is 0 Å². The van der Waals surface area contributed by atoms with Gasteiger partial charge in [0, 0.05) is 23.9 Å². The minimum Gasteiger partial charge on any atom is -0.472 e. The molecule has 0 radical (unpaired) electrons. The van der Waals surface area contributed by atoms with Gasteiger partial charge >= 0.3 is 0 Å². The van der Waals surface area contributed by atoms with E-state index in [1.165, 1.54) is 18.6 Å². The maximum absolute atomic E-state index is 14.5. The number of aliphatic imine (C=N–C) groups is 1. The number of rotatable bonds is 4. The third-order valence-corrected chi connectivity index (χ3v) is 5.13. The Kier molecular flexibility index (Phi) is 4.79. The summed E-state index contributed by atoms with van der Waals surface area (Å²) in [4.78, 5) is 19.4. The molecule has 0 amide bonds. The SMILES string of the molecule is CN1c2ccccc2C(c2ccccc2F)=NCC1C(N)C(=O)c1ccoc1. The van der Waals surface area contributed by atoms with Crippen LogP contribution in [-0.2, 0) is 0 Å². The van der Waals surface area contributed by atoms with E-state index in [4.69, 9.17) is 15.1 Å². The van der Waals surface area contributed by atoms with Gasteiger partial charge in [0.25, 0.3) is 0 Å².